The summed E-state index contributed by atoms with van der Waals surface area (Å²) in [6, 6.07) is 38.8. The summed E-state index contributed by atoms with van der Waals surface area (Å²) in [4.78, 5) is 50.0. The number of rotatable bonds is 16. The Morgan fingerprint density at radius 1 is 0.519 bits per heavy atom. The lowest BCUT2D eigenvalue weighted by Gasteiger charge is -2.18. The highest BCUT2D eigenvalue weighted by Gasteiger charge is 2.29. The monoisotopic (exact) mass is 728 g/mol. The first-order valence-electron chi connectivity index (χ1n) is 17.2. The van der Waals surface area contributed by atoms with Crippen molar-refractivity contribution in [1.82, 2.24) is 0 Å². The number of ketones is 2. The number of nitrogens with zero attached hydrogens (tertiary/aromatic N) is 1. The van der Waals surface area contributed by atoms with Gasteiger partial charge < -0.3 is 10.2 Å². The van der Waals surface area contributed by atoms with Crippen molar-refractivity contribution in [2.24, 2.45) is 0 Å². The third-order valence-electron chi connectivity index (χ3n) is 9.09. The molecule has 0 saturated carbocycles. The van der Waals surface area contributed by atoms with Crippen molar-refractivity contribution in [3.8, 4) is 11.5 Å². The van der Waals surface area contributed by atoms with E-state index in [1.165, 1.54) is 48.5 Å². The van der Waals surface area contributed by atoms with Gasteiger partial charge in [0.05, 0.1) is 23.0 Å². The maximum atomic E-state index is 14.9. The van der Waals surface area contributed by atoms with E-state index in [1.807, 2.05) is 60.7 Å². The zero-order chi connectivity index (χ0) is 38.0. The van der Waals surface area contributed by atoms with Crippen molar-refractivity contribution in [3.63, 3.8) is 0 Å². The average molecular weight is 729 g/mol. The first kappa shape index (κ1) is 37.1. The molecule has 0 bridgehead atoms. The molecule has 6 aromatic carbocycles. The van der Waals surface area contributed by atoms with E-state index in [9.17, 15) is 33.5 Å². The van der Waals surface area contributed by atoms with E-state index in [4.69, 9.17) is 9.68 Å². The van der Waals surface area contributed by atoms with Crippen LogP contribution in [-0.2, 0) is 35.7 Å². The largest absolute Gasteiger partial charge is 0.507 e. The normalized spacial score (nSPS) is 12.0. The van der Waals surface area contributed by atoms with Gasteiger partial charge in [-0.3, -0.25) is 9.59 Å². The lowest BCUT2D eigenvalue weighted by Crippen LogP contribution is -2.17. The minimum absolute atomic E-state index is 0.0137. The average Bonchev–Trinajstić information content (AvgIpc) is 3.18. The van der Waals surface area contributed by atoms with Crippen LogP contribution in [0, 0.1) is 16.5 Å². The van der Waals surface area contributed by atoms with Gasteiger partial charge in [0.1, 0.15) is 28.0 Å². The second kappa shape index (κ2) is 17.2. The Balaban J connectivity index is 1.07. The molecule has 2 unspecified atom stereocenters. The SMILES string of the molecule is O=C(c1ccc(CO[N+](=O)OCc2ccc(C(=O)C(Cc3ccccc3)c3ccccc3F)c(O)c2)cc1O)C(Cc1ccccc1)c1ccccc1F. The van der Waals surface area contributed by atoms with Crippen LogP contribution in [0.15, 0.2) is 146 Å². The molecule has 6 rings (SSSR count). The predicted octanol–water partition coefficient (Wildman–Crippen LogP) is 9.14. The Morgan fingerprint density at radius 2 is 0.889 bits per heavy atom. The molecule has 6 aromatic rings. The Labute approximate surface area is 310 Å². The van der Waals surface area contributed by atoms with Gasteiger partial charge in [-0.25, -0.2) is 8.78 Å². The second-order valence-electron chi connectivity index (χ2n) is 12.7. The van der Waals surface area contributed by atoms with Crippen LogP contribution in [0.25, 0.3) is 0 Å². The van der Waals surface area contributed by atoms with Gasteiger partial charge in [-0.05, 0) is 71.5 Å². The fourth-order valence-electron chi connectivity index (χ4n) is 6.32. The first-order chi connectivity index (χ1) is 26.2. The summed E-state index contributed by atoms with van der Waals surface area (Å²) in [5.74, 6) is -4.53. The minimum atomic E-state index is -0.902. The van der Waals surface area contributed by atoms with E-state index < -0.39 is 35.0 Å². The molecule has 0 aliphatic rings. The van der Waals surface area contributed by atoms with Crippen LogP contribution in [0.5, 0.6) is 11.5 Å². The highest BCUT2D eigenvalue weighted by molar-refractivity contribution is 6.04. The van der Waals surface area contributed by atoms with Crippen molar-refractivity contribution in [1.29, 1.82) is 0 Å². The van der Waals surface area contributed by atoms with Crippen LogP contribution in [0.2, 0.25) is 0 Å². The van der Waals surface area contributed by atoms with E-state index in [2.05, 4.69) is 0 Å². The molecule has 2 N–H and O–H groups in total. The van der Waals surface area contributed by atoms with Gasteiger partial charge in [0.15, 0.2) is 24.8 Å². The first-order valence-corrected chi connectivity index (χ1v) is 17.2. The van der Waals surface area contributed by atoms with Crippen molar-refractivity contribution in [2.45, 2.75) is 37.9 Å². The number of hydrogen-bond acceptors (Lipinski definition) is 7. The van der Waals surface area contributed by atoms with Crippen LogP contribution in [-0.4, -0.2) is 26.9 Å². The summed E-state index contributed by atoms with van der Waals surface area (Å²) in [6.07, 6.45) is 0.430. The van der Waals surface area contributed by atoms with E-state index in [-0.39, 0.29) is 64.9 Å². The van der Waals surface area contributed by atoms with Crippen molar-refractivity contribution in [3.05, 3.63) is 207 Å². The third-order valence-corrected chi connectivity index (χ3v) is 9.09. The van der Waals surface area contributed by atoms with Crippen molar-refractivity contribution in [2.75, 3.05) is 0 Å². The molecular weight excluding hydrogens is 692 g/mol. The maximum absolute atomic E-state index is 14.9. The molecule has 0 aromatic heterocycles. The topological polar surface area (TPSA) is 113 Å². The van der Waals surface area contributed by atoms with Crippen molar-refractivity contribution >= 4 is 11.6 Å². The number of Topliss-reactive ketones (excluding diaryl/α,β-unsaturated/α-hetero) is 2. The molecule has 0 aliphatic heterocycles. The zero-order valence-corrected chi connectivity index (χ0v) is 29.0. The van der Waals surface area contributed by atoms with Crippen molar-refractivity contribution < 1.29 is 43.3 Å². The predicted molar refractivity (Wildman–Crippen MR) is 197 cm³/mol. The Hall–Kier alpha value is -6.68. The maximum Gasteiger partial charge on any atom is 0.478 e. The third kappa shape index (κ3) is 9.02. The number of phenolic OH excluding ortho intramolecular Hbond substituents is 2. The summed E-state index contributed by atoms with van der Waals surface area (Å²) in [5, 5.41) is 21.5. The Kier molecular flexibility index (Phi) is 11.8. The van der Waals surface area contributed by atoms with E-state index >= 15 is 0 Å². The van der Waals surface area contributed by atoms with Crippen LogP contribution < -0.4 is 0 Å². The molecule has 0 fully saturated rings. The molecule has 10 heteroatoms. The number of benzene rings is 6. The summed E-state index contributed by atoms with van der Waals surface area (Å²) >= 11 is 0. The van der Waals surface area contributed by atoms with Gasteiger partial charge in [-0.15, -0.1) is 0 Å². The number of aromatic hydroxyl groups is 2. The lowest BCUT2D eigenvalue weighted by molar-refractivity contribution is -0.987. The Bertz CT molecular complexity index is 2100. The fourth-order valence-corrected chi connectivity index (χ4v) is 6.32. The highest BCUT2D eigenvalue weighted by atomic mass is 19.1. The molecule has 8 nitrogen and oxygen atoms in total. The number of halogens is 2. The van der Waals surface area contributed by atoms with E-state index in [0.717, 1.165) is 11.1 Å². The number of phenols is 2. The fraction of sp³-hybridized carbons (Fsp3) is 0.136. The van der Waals surface area contributed by atoms with Crippen LogP contribution in [0.1, 0.15) is 65.9 Å². The van der Waals surface area contributed by atoms with Crippen LogP contribution >= 0.6 is 0 Å². The van der Waals surface area contributed by atoms with Crippen LogP contribution in [0.3, 0.4) is 0 Å². The van der Waals surface area contributed by atoms with Gasteiger partial charge in [-0.1, -0.05) is 109 Å². The second-order valence-corrected chi connectivity index (χ2v) is 12.7. The summed E-state index contributed by atoms with van der Waals surface area (Å²) < 4.78 is 29.7. The van der Waals surface area contributed by atoms with Gasteiger partial charge in [-0.2, -0.15) is 9.68 Å². The van der Waals surface area contributed by atoms with Gasteiger partial charge in [0, 0.05) is 11.1 Å². The quantitative estimate of drug-likeness (QED) is 0.0755. The molecule has 2 atom stereocenters. The molecule has 0 radical (unpaired) electrons. The molecule has 0 aliphatic carbocycles. The smallest absolute Gasteiger partial charge is 0.478 e. The minimum Gasteiger partial charge on any atom is -0.507 e. The number of carbonyl (C=O) groups excluding carboxylic acids is 2. The number of carbonyl (C=O) groups is 2. The molecule has 272 valence electrons. The summed E-state index contributed by atoms with van der Waals surface area (Å²) in [7, 11) is 0. The molecule has 0 heterocycles. The van der Waals surface area contributed by atoms with Crippen LogP contribution in [0.4, 0.5) is 8.78 Å². The Morgan fingerprint density at radius 3 is 1.26 bits per heavy atom. The molecule has 0 spiro atoms. The zero-order valence-electron chi connectivity index (χ0n) is 29.0. The van der Waals surface area contributed by atoms with Gasteiger partial charge >= 0.3 is 5.09 Å². The van der Waals surface area contributed by atoms with E-state index in [1.54, 1.807) is 36.4 Å². The molecule has 54 heavy (non-hydrogen) atoms. The summed E-state index contributed by atoms with van der Waals surface area (Å²) in [6.45, 7) is -0.659. The number of hydrogen-bond donors (Lipinski definition) is 2. The van der Waals surface area contributed by atoms with Gasteiger partial charge in [0.25, 0.3) is 0 Å². The van der Waals surface area contributed by atoms with E-state index in [0.29, 0.717) is 11.1 Å². The lowest BCUT2D eigenvalue weighted by atomic mass is 9.85. The summed E-state index contributed by atoms with van der Waals surface area (Å²) in [5.41, 5.74) is 2.74. The molecule has 0 amide bonds. The standard InChI is InChI=1S/C44H35F2NO7/c45-39-17-9-7-15-33(39)37(23-29-11-3-1-4-12-29)43(50)35-21-19-31(25-41(35)48)27-53-47(52)54-28-32-20-22-36(42(49)26-32)44(51)38(24-30-13-5-2-6-14-30)34-16-8-10-18-40(34)46/h1-22,25-26,37-38H,23-24,27-28H2,(H-,48,49,50,51)/p+1. The molecular formula is C44H36F2NO7+. The molecule has 0 saturated heterocycles. The highest BCUT2D eigenvalue weighted by Crippen LogP contribution is 2.33. The van der Waals surface area contributed by atoms with Gasteiger partial charge in [0.2, 0.25) is 0 Å².